The van der Waals surface area contributed by atoms with Crippen LogP contribution in [0, 0.1) is 0 Å². The molecule has 0 saturated heterocycles. The summed E-state index contributed by atoms with van der Waals surface area (Å²) >= 11 is 3.35. The lowest BCUT2D eigenvalue weighted by molar-refractivity contribution is 0.0928. The monoisotopic (exact) mass is 540 g/mol. The van der Waals surface area contributed by atoms with E-state index < -0.39 is 0 Å². The molecule has 0 unspecified atom stereocenters. The molecule has 0 fully saturated rings. The highest BCUT2D eigenvalue weighted by atomic mass is 32.1. The Bertz CT molecular complexity index is 1260. The number of hydrogen-bond acceptors (Lipinski definition) is 6. The van der Waals surface area contributed by atoms with E-state index in [1.807, 2.05) is 37.3 Å². The maximum Gasteiger partial charge on any atom is 0.320 e. The first kappa shape index (κ1) is 26.0. The van der Waals surface area contributed by atoms with Crippen molar-refractivity contribution in [2.24, 2.45) is 0 Å². The quantitative estimate of drug-likeness (QED) is 0.308. The van der Waals surface area contributed by atoms with Gasteiger partial charge in [0.2, 0.25) is 0 Å². The topological polar surface area (TPSA) is 90.4 Å². The van der Waals surface area contributed by atoms with Gasteiger partial charge in [-0.15, -0.1) is 22.7 Å². The Morgan fingerprint density at radius 2 is 1.81 bits per heavy atom. The minimum absolute atomic E-state index is 0.119. The summed E-state index contributed by atoms with van der Waals surface area (Å²) in [6, 6.07) is 3.89. The summed E-state index contributed by atoms with van der Waals surface area (Å²) < 4.78 is 2.14. The first-order chi connectivity index (χ1) is 17.9. The fourth-order valence-electron chi connectivity index (χ4n) is 5.12. The van der Waals surface area contributed by atoms with Crippen molar-refractivity contribution in [3.05, 3.63) is 56.5 Å². The summed E-state index contributed by atoms with van der Waals surface area (Å²) in [5, 5.41) is 7.91. The molecule has 3 aromatic rings. The molecule has 3 aromatic heterocycles. The standard InChI is InChI=1S/C27H36N6O2S2/c1-4-32-14-11-18-20(26(37-22(18)16-32)33-12-7-8-13-33)15-28-27(35)29-25-23(24(34)31-30-17(2)3)19-9-5-6-10-21(19)36-25/h7-8,12-13,17,30H,4-6,9-11,14-16H2,1-3H3,(H,31,34)(H2,28,29,35). The van der Waals surface area contributed by atoms with E-state index >= 15 is 0 Å². The lowest BCUT2D eigenvalue weighted by Crippen LogP contribution is -2.42. The average Bonchev–Trinajstić information content (AvgIpc) is 3.62. The number of carbonyl (C=O) groups is 2. The van der Waals surface area contributed by atoms with Gasteiger partial charge in [0.05, 0.1) is 5.56 Å². The molecule has 1 aliphatic heterocycles. The number of thiophene rings is 2. The van der Waals surface area contributed by atoms with Gasteiger partial charge in [0.25, 0.3) is 5.91 Å². The zero-order valence-electron chi connectivity index (χ0n) is 21.8. The van der Waals surface area contributed by atoms with Crippen LogP contribution in [0.25, 0.3) is 5.00 Å². The van der Waals surface area contributed by atoms with Gasteiger partial charge in [0.1, 0.15) is 10.0 Å². The van der Waals surface area contributed by atoms with E-state index in [0.29, 0.717) is 17.1 Å². The van der Waals surface area contributed by atoms with Crippen molar-refractivity contribution in [3.63, 3.8) is 0 Å². The number of aromatic nitrogens is 1. The van der Waals surface area contributed by atoms with Crippen LogP contribution in [0.1, 0.15) is 70.4 Å². The summed E-state index contributed by atoms with van der Waals surface area (Å²) in [6.07, 6.45) is 9.12. The molecule has 8 nitrogen and oxygen atoms in total. The highest BCUT2D eigenvalue weighted by molar-refractivity contribution is 7.17. The molecule has 4 heterocycles. The zero-order chi connectivity index (χ0) is 25.9. The maximum atomic E-state index is 13.2. The maximum absolute atomic E-state index is 13.2. The highest BCUT2D eigenvalue weighted by Gasteiger charge is 2.28. The number of urea groups is 1. The molecule has 0 saturated carbocycles. The van der Waals surface area contributed by atoms with Crippen LogP contribution >= 0.6 is 22.7 Å². The van der Waals surface area contributed by atoms with Gasteiger partial charge in [-0.3, -0.25) is 20.4 Å². The molecular weight excluding hydrogens is 504 g/mol. The van der Waals surface area contributed by atoms with Crippen LogP contribution in [0.3, 0.4) is 0 Å². The number of hydrazine groups is 1. The van der Waals surface area contributed by atoms with E-state index in [1.165, 1.54) is 37.2 Å². The largest absolute Gasteiger partial charge is 0.334 e. The Hall–Kier alpha value is -2.66. The van der Waals surface area contributed by atoms with Crippen molar-refractivity contribution in [1.82, 2.24) is 25.6 Å². The lowest BCUT2D eigenvalue weighted by Gasteiger charge is -2.25. The van der Waals surface area contributed by atoms with Crippen LogP contribution in [-0.4, -0.2) is 40.5 Å². The van der Waals surface area contributed by atoms with Gasteiger partial charge >= 0.3 is 6.03 Å². The molecular formula is C27H36N6O2S2. The number of nitrogens with one attached hydrogen (secondary N) is 4. The minimum atomic E-state index is -0.283. The first-order valence-corrected chi connectivity index (χ1v) is 14.8. The number of anilines is 1. The van der Waals surface area contributed by atoms with Crippen molar-refractivity contribution in [3.8, 4) is 5.00 Å². The van der Waals surface area contributed by atoms with E-state index in [9.17, 15) is 9.59 Å². The third-order valence-corrected chi connectivity index (χ3v) is 9.52. The van der Waals surface area contributed by atoms with E-state index in [4.69, 9.17) is 0 Å². The number of fused-ring (bicyclic) bond motifs is 2. The van der Waals surface area contributed by atoms with Gasteiger partial charge in [-0.1, -0.05) is 6.92 Å². The van der Waals surface area contributed by atoms with Crippen LogP contribution < -0.4 is 21.5 Å². The molecule has 4 N–H and O–H groups in total. The van der Waals surface area contributed by atoms with Crippen LogP contribution in [0.5, 0.6) is 0 Å². The number of aryl methyl sites for hydroxylation is 1. The normalized spacial score (nSPS) is 15.4. The zero-order valence-corrected chi connectivity index (χ0v) is 23.4. The Balaban J connectivity index is 1.34. The molecule has 0 aromatic carbocycles. The van der Waals surface area contributed by atoms with Crippen molar-refractivity contribution < 1.29 is 9.59 Å². The number of nitrogens with zero attached hydrogens (tertiary/aromatic N) is 2. The van der Waals surface area contributed by atoms with Crippen molar-refractivity contribution in [2.75, 3.05) is 18.4 Å². The van der Waals surface area contributed by atoms with Crippen molar-refractivity contribution in [1.29, 1.82) is 0 Å². The third kappa shape index (κ3) is 5.62. The molecule has 5 rings (SSSR count). The second kappa shape index (κ2) is 11.4. The van der Waals surface area contributed by atoms with Crippen LogP contribution in [0.4, 0.5) is 9.80 Å². The van der Waals surface area contributed by atoms with Gasteiger partial charge in [-0.25, -0.2) is 10.2 Å². The summed E-state index contributed by atoms with van der Waals surface area (Å²) in [7, 11) is 0. The van der Waals surface area contributed by atoms with Crippen molar-refractivity contribution in [2.45, 2.75) is 72.0 Å². The van der Waals surface area contributed by atoms with Crippen LogP contribution in [0.15, 0.2) is 24.5 Å². The Morgan fingerprint density at radius 1 is 1.03 bits per heavy atom. The molecule has 1 aliphatic carbocycles. The molecule has 0 radical (unpaired) electrons. The predicted octanol–water partition coefficient (Wildman–Crippen LogP) is 4.82. The van der Waals surface area contributed by atoms with Gasteiger partial charge in [0, 0.05) is 53.4 Å². The molecule has 0 bridgehead atoms. The Morgan fingerprint density at radius 3 is 2.57 bits per heavy atom. The minimum Gasteiger partial charge on any atom is -0.334 e. The fraction of sp³-hybridized carbons (Fsp3) is 0.481. The highest BCUT2D eigenvalue weighted by Crippen LogP contribution is 2.38. The van der Waals surface area contributed by atoms with E-state index in [-0.39, 0.29) is 18.0 Å². The fourth-order valence-corrected chi connectivity index (χ4v) is 7.78. The van der Waals surface area contributed by atoms with Crippen LogP contribution in [0.2, 0.25) is 0 Å². The molecule has 0 atom stereocenters. The lowest BCUT2D eigenvalue weighted by atomic mass is 9.95. The number of hydrogen-bond donors (Lipinski definition) is 4. The molecule has 3 amide bonds. The summed E-state index contributed by atoms with van der Waals surface area (Å²) in [4.78, 5) is 31.3. The third-order valence-electron chi connectivity index (χ3n) is 7.04. The Labute approximate surface area is 226 Å². The van der Waals surface area contributed by atoms with Crippen molar-refractivity contribution >= 4 is 39.6 Å². The molecule has 198 valence electrons. The summed E-state index contributed by atoms with van der Waals surface area (Å²) in [5.41, 5.74) is 10.0. The Kier molecular flexibility index (Phi) is 7.99. The van der Waals surface area contributed by atoms with Gasteiger partial charge in [-0.05, 0) is 75.8 Å². The molecule has 37 heavy (non-hydrogen) atoms. The molecule has 0 spiro atoms. The molecule has 2 aliphatic rings. The van der Waals surface area contributed by atoms with Gasteiger partial charge < -0.3 is 9.88 Å². The number of amides is 3. The summed E-state index contributed by atoms with van der Waals surface area (Å²) in [5.74, 6) is -0.189. The van der Waals surface area contributed by atoms with Gasteiger partial charge in [-0.2, -0.15) is 0 Å². The smallest absolute Gasteiger partial charge is 0.320 e. The predicted molar refractivity (Wildman–Crippen MR) is 151 cm³/mol. The number of carbonyl (C=O) groups excluding carboxylic acids is 2. The van der Waals surface area contributed by atoms with Crippen LogP contribution in [-0.2, 0) is 32.4 Å². The number of likely N-dealkylation sites (N-methyl/N-ethyl adjacent to an activating group) is 1. The number of rotatable bonds is 8. The van der Waals surface area contributed by atoms with E-state index in [0.717, 1.165) is 57.3 Å². The second-order valence-electron chi connectivity index (χ2n) is 9.97. The SMILES string of the molecule is CCN1CCc2c(sc(-n3cccc3)c2CNC(=O)Nc2sc3c(c2C(=O)NNC(C)C)CCCC3)C1. The second-order valence-corrected chi connectivity index (χ2v) is 12.2. The van der Waals surface area contributed by atoms with E-state index in [1.54, 1.807) is 0 Å². The summed E-state index contributed by atoms with van der Waals surface area (Å²) in [6.45, 7) is 9.63. The molecule has 10 heteroatoms. The van der Waals surface area contributed by atoms with E-state index in [2.05, 4.69) is 50.3 Å². The average molecular weight is 541 g/mol. The van der Waals surface area contributed by atoms with Gasteiger partial charge in [0.15, 0.2) is 0 Å². The first-order valence-electron chi connectivity index (χ1n) is 13.2.